The second-order valence-electron chi connectivity index (χ2n) is 5.89. The van der Waals surface area contributed by atoms with Crippen molar-refractivity contribution in [3.05, 3.63) is 60.1 Å². The number of likely N-dealkylation sites (tertiary alicyclic amines) is 1. The summed E-state index contributed by atoms with van der Waals surface area (Å²) in [6.07, 6.45) is 3.38. The minimum atomic E-state index is -0.733. The van der Waals surface area contributed by atoms with Crippen LogP contribution in [-0.2, 0) is 5.60 Å². The lowest BCUT2D eigenvalue weighted by Crippen LogP contribution is -2.43. The van der Waals surface area contributed by atoms with E-state index in [0.717, 1.165) is 18.7 Å². The third-order valence-corrected chi connectivity index (χ3v) is 4.45. The first-order valence-electron chi connectivity index (χ1n) is 7.74. The molecule has 0 unspecified atom stereocenters. The minimum Gasteiger partial charge on any atom is -0.461 e. The summed E-state index contributed by atoms with van der Waals surface area (Å²) in [5.74, 6) is 0.465. The molecule has 0 amide bonds. The van der Waals surface area contributed by atoms with E-state index in [1.54, 1.807) is 12.1 Å². The molecule has 0 atom stereocenters. The van der Waals surface area contributed by atoms with Crippen molar-refractivity contribution in [1.29, 1.82) is 0 Å². The van der Waals surface area contributed by atoms with E-state index in [4.69, 9.17) is 4.42 Å². The maximum atomic E-state index is 11.9. The second kappa shape index (κ2) is 6.46. The number of furan rings is 1. The van der Waals surface area contributed by atoms with E-state index in [-0.39, 0.29) is 5.78 Å². The van der Waals surface area contributed by atoms with Crippen LogP contribution in [-0.4, -0.2) is 35.4 Å². The first-order valence-corrected chi connectivity index (χ1v) is 7.74. The van der Waals surface area contributed by atoms with Gasteiger partial charge in [0.1, 0.15) is 0 Å². The summed E-state index contributed by atoms with van der Waals surface area (Å²) in [6.45, 7) is 2.32. The molecule has 22 heavy (non-hydrogen) atoms. The molecule has 2 heterocycles. The number of nitrogens with zero attached hydrogens (tertiary/aromatic N) is 1. The molecule has 0 aliphatic carbocycles. The molecule has 4 heteroatoms. The molecular weight excluding hydrogens is 278 g/mol. The molecule has 2 aromatic rings. The van der Waals surface area contributed by atoms with Crippen LogP contribution in [0.3, 0.4) is 0 Å². The van der Waals surface area contributed by atoms with Crippen molar-refractivity contribution in [3.8, 4) is 0 Å². The van der Waals surface area contributed by atoms with Crippen LogP contribution >= 0.6 is 0 Å². The Morgan fingerprint density at radius 1 is 1.14 bits per heavy atom. The van der Waals surface area contributed by atoms with E-state index in [0.29, 0.717) is 31.6 Å². The van der Waals surface area contributed by atoms with Crippen molar-refractivity contribution < 1.29 is 14.3 Å². The van der Waals surface area contributed by atoms with Gasteiger partial charge in [-0.15, -0.1) is 0 Å². The maximum Gasteiger partial charge on any atom is 0.199 e. The van der Waals surface area contributed by atoms with E-state index in [2.05, 4.69) is 4.90 Å². The van der Waals surface area contributed by atoms with Crippen LogP contribution in [0, 0.1) is 0 Å². The van der Waals surface area contributed by atoms with Gasteiger partial charge in [-0.25, -0.2) is 0 Å². The molecular formula is C18H21NO3. The number of carbonyl (C=O) groups is 1. The molecule has 1 N–H and O–H groups in total. The Balaban J connectivity index is 1.51. The number of aliphatic hydroxyl groups is 1. The third-order valence-electron chi connectivity index (χ3n) is 4.45. The molecule has 0 spiro atoms. The zero-order chi connectivity index (χ0) is 15.4. The summed E-state index contributed by atoms with van der Waals surface area (Å²) in [7, 11) is 0. The fourth-order valence-electron chi connectivity index (χ4n) is 3.00. The largest absolute Gasteiger partial charge is 0.461 e. The van der Waals surface area contributed by atoms with Gasteiger partial charge in [-0.2, -0.15) is 0 Å². The molecule has 116 valence electrons. The lowest BCUT2D eigenvalue weighted by atomic mass is 9.84. The first kappa shape index (κ1) is 15.0. The van der Waals surface area contributed by atoms with Gasteiger partial charge in [-0.3, -0.25) is 4.79 Å². The Bertz CT molecular complexity index is 599. The highest BCUT2D eigenvalue weighted by atomic mass is 16.3. The molecule has 0 saturated carbocycles. The average Bonchev–Trinajstić information content (AvgIpc) is 3.09. The maximum absolute atomic E-state index is 11.9. The Morgan fingerprint density at radius 2 is 1.86 bits per heavy atom. The monoisotopic (exact) mass is 299 g/mol. The molecule has 0 bridgehead atoms. The van der Waals surface area contributed by atoms with Gasteiger partial charge in [0.2, 0.25) is 0 Å². The third kappa shape index (κ3) is 3.29. The van der Waals surface area contributed by atoms with E-state index < -0.39 is 5.60 Å². The zero-order valence-corrected chi connectivity index (χ0v) is 12.6. The van der Waals surface area contributed by atoms with Crippen molar-refractivity contribution in [2.75, 3.05) is 19.6 Å². The van der Waals surface area contributed by atoms with Gasteiger partial charge < -0.3 is 14.4 Å². The van der Waals surface area contributed by atoms with Gasteiger partial charge in [0.05, 0.1) is 11.9 Å². The highest BCUT2D eigenvalue weighted by Crippen LogP contribution is 2.32. The number of hydrogen-bond acceptors (Lipinski definition) is 4. The Labute approximate surface area is 130 Å². The van der Waals surface area contributed by atoms with Gasteiger partial charge in [-0.05, 0) is 30.5 Å². The number of rotatable bonds is 5. The van der Waals surface area contributed by atoms with E-state index in [1.165, 1.54) is 6.26 Å². The van der Waals surface area contributed by atoms with Crippen LogP contribution in [0.15, 0.2) is 53.1 Å². The first-order chi connectivity index (χ1) is 10.7. The fraction of sp³-hybridized carbons (Fsp3) is 0.389. The fourth-order valence-corrected chi connectivity index (χ4v) is 3.00. The van der Waals surface area contributed by atoms with Gasteiger partial charge >= 0.3 is 0 Å². The van der Waals surface area contributed by atoms with Crippen molar-refractivity contribution >= 4 is 5.78 Å². The van der Waals surface area contributed by atoms with Crippen LogP contribution in [0.25, 0.3) is 0 Å². The molecule has 1 fully saturated rings. The predicted molar refractivity (Wildman–Crippen MR) is 83.7 cm³/mol. The van der Waals surface area contributed by atoms with Gasteiger partial charge in [-0.1, -0.05) is 30.3 Å². The highest BCUT2D eigenvalue weighted by Gasteiger charge is 2.33. The van der Waals surface area contributed by atoms with E-state index in [9.17, 15) is 9.90 Å². The van der Waals surface area contributed by atoms with Crippen LogP contribution in [0.1, 0.15) is 35.4 Å². The van der Waals surface area contributed by atoms with Crippen LogP contribution in [0.2, 0.25) is 0 Å². The second-order valence-corrected chi connectivity index (χ2v) is 5.89. The normalized spacial score (nSPS) is 18.2. The van der Waals surface area contributed by atoms with Crippen LogP contribution in [0.5, 0.6) is 0 Å². The van der Waals surface area contributed by atoms with Crippen molar-refractivity contribution in [2.45, 2.75) is 24.9 Å². The molecule has 1 saturated heterocycles. The summed E-state index contributed by atoms with van der Waals surface area (Å²) in [5.41, 5.74) is 0.254. The smallest absolute Gasteiger partial charge is 0.199 e. The zero-order valence-electron chi connectivity index (χ0n) is 12.6. The summed E-state index contributed by atoms with van der Waals surface area (Å²) in [5, 5.41) is 10.8. The van der Waals surface area contributed by atoms with E-state index >= 15 is 0 Å². The topological polar surface area (TPSA) is 53.7 Å². The molecule has 3 rings (SSSR count). The molecule has 0 radical (unpaired) electrons. The molecule has 1 aliphatic heterocycles. The number of piperidine rings is 1. The Hall–Kier alpha value is -1.91. The molecule has 1 aromatic heterocycles. The molecule has 1 aliphatic rings. The lowest BCUT2D eigenvalue weighted by Gasteiger charge is -2.38. The van der Waals surface area contributed by atoms with Gasteiger partial charge in [0.25, 0.3) is 0 Å². The van der Waals surface area contributed by atoms with Crippen molar-refractivity contribution in [3.63, 3.8) is 0 Å². The van der Waals surface area contributed by atoms with Crippen LogP contribution < -0.4 is 0 Å². The highest BCUT2D eigenvalue weighted by molar-refractivity contribution is 5.93. The molecule has 1 aromatic carbocycles. The summed E-state index contributed by atoms with van der Waals surface area (Å²) >= 11 is 0. The summed E-state index contributed by atoms with van der Waals surface area (Å²) in [6, 6.07) is 13.3. The minimum absolute atomic E-state index is 0.0360. The predicted octanol–water partition coefficient (Wildman–Crippen LogP) is 2.84. The number of hydrogen-bond donors (Lipinski definition) is 1. The Kier molecular flexibility index (Phi) is 4.41. The van der Waals surface area contributed by atoms with Crippen LogP contribution in [0.4, 0.5) is 0 Å². The number of carbonyl (C=O) groups excluding carboxylic acids is 1. The number of benzene rings is 1. The summed E-state index contributed by atoms with van der Waals surface area (Å²) in [4.78, 5) is 14.2. The number of ketones is 1. The van der Waals surface area contributed by atoms with Crippen molar-refractivity contribution in [1.82, 2.24) is 4.90 Å². The number of Topliss-reactive ketones (excluding diaryl/α,β-unsaturated/α-hetero) is 1. The van der Waals surface area contributed by atoms with Gasteiger partial charge in [0, 0.05) is 26.1 Å². The summed E-state index contributed by atoms with van der Waals surface area (Å²) < 4.78 is 5.12. The average molecular weight is 299 g/mol. The van der Waals surface area contributed by atoms with Crippen molar-refractivity contribution in [2.24, 2.45) is 0 Å². The standard InChI is InChI=1S/C18H21NO3/c20-16(17-7-4-14-22-17)8-11-19-12-9-18(21,10-13-19)15-5-2-1-3-6-15/h1-7,14,21H,8-13H2. The quantitative estimate of drug-likeness (QED) is 0.863. The van der Waals surface area contributed by atoms with E-state index in [1.807, 2.05) is 30.3 Å². The lowest BCUT2D eigenvalue weighted by molar-refractivity contribution is -0.0256. The molecule has 4 nitrogen and oxygen atoms in total. The van der Waals surface area contributed by atoms with Gasteiger partial charge in [0.15, 0.2) is 11.5 Å². The Morgan fingerprint density at radius 3 is 2.50 bits per heavy atom. The SMILES string of the molecule is O=C(CCN1CCC(O)(c2ccccc2)CC1)c1ccco1.